The van der Waals surface area contributed by atoms with Crippen LogP contribution in [0.25, 0.3) is 0 Å². The molecule has 2 aromatic carbocycles. The zero-order chi connectivity index (χ0) is 29.5. The van der Waals surface area contributed by atoms with Crippen LogP contribution in [0.4, 0.5) is 0 Å². The van der Waals surface area contributed by atoms with Crippen LogP contribution in [0.3, 0.4) is 0 Å². The van der Waals surface area contributed by atoms with E-state index in [0.717, 1.165) is 36.8 Å². The predicted octanol–water partition coefficient (Wildman–Crippen LogP) is 2.55. The summed E-state index contributed by atoms with van der Waals surface area (Å²) in [6.45, 7) is 3.72. The molecule has 220 valence electrons. The van der Waals surface area contributed by atoms with Gasteiger partial charge in [-0.3, -0.25) is 14.4 Å². The summed E-state index contributed by atoms with van der Waals surface area (Å²) in [5.41, 5.74) is -0.500. The maximum absolute atomic E-state index is 13.4. The summed E-state index contributed by atoms with van der Waals surface area (Å²) in [5.74, 6) is -0.127. The van der Waals surface area contributed by atoms with E-state index in [1.54, 1.807) is 33.1 Å². The molecule has 2 fully saturated rings. The van der Waals surface area contributed by atoms with Crippen LogP contribution in [0.5, 0.6) is 5.75 Å². The van der Waals surface area contributed by atoms with Crippen molar-refractivity contribution in [3.8, 4) is 5.75 Å². The maximum atomic E-state index is 13.4. The van der Waals surface area contributed by atoms with E-state index in [4.69, 9.17) is 9.47 Å². The smallest absolute Gasteiger partial charge is 0.243 e. The fourth-order valence-corrected chi connectivity index (χ4v) is 5.34. The molecule has 2 aliphatic rings. The highest BCUT2D eigenvalue weighted by atomic mass is 16.6. The van der Waals surface area contributed by atoms with Crippen molar-refractivity contribution in [2.45, 2.75) is 75.6 Å². The molecule has 4 rings (SSSR count). The second-order valence-electron chi connectivity index (χ2n) is 11.5. The summed E-state index contributed by atoms with van der Waals surface area (Å²) in [5, 5.41) is 9.02. The summed E-state index contributed by atoms with van der Waals surface area (Å²) in [6, 6.07) is 15.4. The molecule has 1 saturated carbocycles. The Kier molecular flexibility index (Phi) is 9.94. The van der Waals surface area contributed by atoms with Crippen molar-refractivity contribution in [3.05, 3.63) is 65.7 Å². The van der Waals surface area contributed by atoms with Crippen molar-refractivity contribution in [1.29, 1.82) is 0 Å². The van der Waals surface area contributed by atoms with Gasteiger partial charge in [-0.05, 0) is 56.4 Å². The molecule has 1 heterocycles. The van der Waals surface area contributed by atoms with Gasteiger partial charge in [0.1, 0.15) is 29.2 Å². The molecule has 9 heteroatoms. The topological polar surface area (TPSA) is 126 Å². The fourth-order valence-electron chi connectivity index (χ4n) is 5.34. The third-order valence-corrected chi connectivity index (χ3v) is 8.12. The van der Waals surface area contributed by atoms with Crippen molar-refractivity contribution in [1.82, 2.24) is 16.0 Å². The molecule has 4 unspecified atom stereocenters. The molecule has 2 aromatic rings. The van der Waals surface area contributed by atoms with E-state index >= 15 is 0 Å². The Morgan fingerprint density at radius 3 is 2.32 bits per heavy atom. The number of hydrogen-bond acceptors (Lipinski definition) is 7. The quantitative estimate of drug-likeness (QED) is 0.225. The van der Waals surface area contributed by atoms with Gasteiger partial charge in [-0.1, -0.05) is 55.3 Å². The molecule has 1 saturated heterocycles. The summed E-state index contributed by atoms with van der Waals surface area (Å²) in [7, 11) is 1.57. The molecular formula is C32H41N3O6. The Bertz CT molecular complexity index is 1210. The van der Waals surface area contributed by atoms with Crippen LogP contribution in [0.15, 0.2) is 54.6 Å². The van der Waals surface area contributed by atoms with Crippen molar-refractivity contribution >= 4 is 23.9 Å². The highest BCUT2D eigenvalue weighted by molar-refractivity contribution is 5.94. The summed E-state index contributed by atoms with van der Waals surface area (Å²) in [6.07, 6.45) is 4.94. The van der Waals surface area contributed by atoms with Crippen LogP contribution in [0.2, 0.25) is 0 Å². The molecule has 2 amide bonds. The number of Topliss-reactive ketones (excluding diaryl/α,β-unsaturated/α-hetero) is 1. The van der Waals surface area contributed by atoms with Crippen LogP contribution in [0.1, 0.15) is 50.7 Å². The number of carbonyl (C=O) groups is 4. The first kappa shape index (κ1) is 30.4. The zero-order valence-electron chi connectivity index (χ0n) is 24.1. The second kappa shape index (κ2) is 13.4. The van der Waals surface area contributed by atoms with Gasteiger partial charge in [-0.25, -0.2) is 0 Å². The first-order valence-electron chi connectivity index (χ1n) is 14.3. The lowest BCUT2D eigenvalue weighted by molar-refractivity contribution is -0.132. The lowest BCUT2D eigenvalue weighted by atomic mass is 9.89. The Morgan fingerprint density at radius 1 is 1.07 bits per heavy atom. The standard InChI is InChI=1S/C32H41N3O6/c1-22(34-30(39)25-11-7-8-12-25)29(38)35-32(20-36,18-24-13-15-26(40-3)16-14-24)19-33-27(28(37)31(2)21-41-31)17-23-9-5-4-6-10-23/h4-6,9-10,13-16,20,22,25,27,33H,7-8,11-12,17-19,21H2,1-3H3,(H,34,39)(H,35,38). The molecule has 4 atom stereocenters. The van der Waals surface area contributed by atoms with Crippen LogP contribution in [-0.4, -0.2) is 67.4 Å². The number of benzene rings is 2. The number of nitrogens with one attached hydrogen (secondary N) is 3. The Morgan fingerprint density at radius 2 is 1.73 bits per heavy atom. The number of hydrogen-bond donors (Lipinski definition) is 3. The van der Waals surface area contributed by atoms with Crippen molar-refractivity contribution < 1.29 is 28.7 Å². The highest BCUT2D eigenvalue weighted by Crippen LogP contribution is 2.29. The summed E-state index contributed by atoms with van der Waals surface area (Å²) >= 11 is 0. The lowest BCUT2D eigenvalue weighted by Gasteiger charge is -2.33. The van der Waals surface area contributed by atoms with Crippen molar-refractivity contribution in [2.24, 2.45) is 5.92 Å². The minimum atomic E-state index is -1.39. The first-order chi connectivity index (χ1) is 19.7. The number of ketones is 1. The van der Waals surface area contributed by atoms with Gasteiger partial charge in [0, 0.05) is 18.9 Å². The second-order valence-corrected chi connectivity index (χ2v) is 11.5. The number of rotatable bonds is 15. The van der Waals surface area contributed by atoms with Gasteiger partial charge >= 0.3 is 0 Å². The van der Waals surface area contributed by atoms with E-state index in [1.165, 1.54) is 0 Å². The normalized spacial score (nSPS) is 21.2. The highest BCUT2D eigenvalue weighted by Gasteiger charge is 2.50. The van der Waals surface area contributed by atoms with Crippen LogP contribution < -0.4 is 20.7 Å². The number of aldehydes is 1. The minimum Gasteiger partial charge on any atom is -0.497 e. The zero-order valence-corrected chi connectivity index (χ0v) is 24.1. The average Bonchev–Trinajstić information content (AvgIpc) is 3.49. The van der Waals surface area contributed by atoms with E-state index in [0.29, 0.717) is 25.1 Å². The van der Waals surface area contributed by atoms with Crippen LogP contribution in [0, 0.1) is 5.92 Å². The van der Waals surface area contributed by atoms with E-state index in [2.05, 4.69) is 16.0 Å². The van der Waals surface area contributed by atoms with Gasteiger partial charge in [0.05, 0.1) is 19.8 Å². The fraction of sp³-hybridized carbons (Fsp3) is 0.500. The van der Waals surface area contributed by atoms with E-state index in [1.807, 2.05) is 42.5 Å². The molecule has 0 aromatic heterocycles. The van der Waals surface area contributed by atoms with Gasteiger partial charge in [-0.2, -0.15) is 0 Å². The maximum Gasteiger partial charge on any atom is 0.243 e. The van der Waals surface area contributed by atoms with Gasteiger partial charge in [0.15, 0.2) is 5.78 Å². The van der Waals surface area contributed by atoms with Gasteiger partial charge < -0.3 is 30.2 Å². The lowest BCUT2D eigenvalue weighted by Crippen LogP contribution is -2.63. The van der Waals surface area contributed by atoms with E-state index in [-0.39, 0.29) is 30.6 Å². The number of ether oxygens (including phenoxy) is 2. The monoisotopic (exact) mass is 563 g/mol. The molecular weight excluding hydrogens is 522 g/mol. The molecule has 9 nitrogen and oxygen atoms in total. The van der Waals surface area contributed by atoms with E-state index in [9.17, 15) is 19.2 Å². The van der Waals surface area contributed by atoms with Crippen molar-refractivity contribution in [2.75, 3.05) is 20.3 Å². The Balaban J connectivity index is 1.54. The summed E-state index contributed by atoms with van der Waals surface area (Å²) < 4.78 is 10.7. The van der Waals surface area contributed by atoms with Gasteiger partial charge in [0.25, 0.3) is 0 Å². The SMILES string of the molecule is COc1ccc(CC(C=O)(CNC(Cc2ccccc2)C(=O)C2(C)CO2)NC(=O)C(C)NC(=O)C2CCCC2)cc1. The molecule has 0 spiro atoms. The molecule has 1 aliphatic heterocycles. The van der Waals surface area contributed by atoms with Crippen LogP contribution >= 0.6 is 0 Å². The molecule has 0 radical (unpaired) electrons. The minimum absolute atomic E-state index is 0.00309. The number of epoxide rings is 1. The molecule has 41 heavy (non-hydrogen) atoms. The Hall–Kier alpha value is -3.56. The van der Waals surface area contributed by atoms with Crippen molar-refractivity contribution in [3.63, 3.8) is 0 Å². The third kappa shape index (κ3) is 8.01. The van der Waals surface area contributed by atoms with Gasteiger partial charge in [-0.15, -0.1) is 0 Å². The number of carbonyl (C=O) groups excluding carboxylic acids is 4. The number of methoxy groups -OCH3 is 1. The summed E-state index contributed by atoms with van der Waals surface area (Å²) in [4.78, 5) is 52.3. The van der Waals surface area contributed by atoms with E-state index < -0.39 is 29.1 Å². The number of amides is 2. The largest absolute Gasteiger partial charge is 0.497 e. The predicted molar refractivity (Wildman–Crippen MR) is 154 cm³/mol. The molecule has 1 aliphatic carbocycles. The van der Waals surface area contributed by atoms with Crippen LogP contribution in [-0.2, 0) is 36.8 Å². The molecule has 0 bridgehead atoms. The molecule has 3 N–H and O–H groups in total. The van der Waals surface area contributed by atoms with Gasteiger partial charge in [0.2, 0.25) is 11.8 Å². The first-order valence-corrected chi connectivity index (χ1v) is 14.3. The average molecular weight is 564 g/mol. The third-order valence-electron chi connectivity index (χ3n) is 8.12. The Labute approximate surface area is 241 Å².